The number of aryl methyl sites for hydroxylation is 2. The number of nitrogens with one attached hydrogen (secondary N) is 1. The number of rotatable bonds is 5. The molecule has 90 valence electrons. The largest absolute Gasteiger partial charge is 0.396 e. The third kappa shape index (κ3) is 3.45. The van der Waals surface area contributed by atoms with E-state index in [0.29, 0.717) is 5.92 Å². The van der Waals surface area contributed by atoms with E-state index in [2.05, 4.69) is 29.1 Å². The number of nitrogens with zero attached hydrogens (tertiary/aromatic N) is 2. The summed E-state index contributed by atoms with van der Waals surface area (Å²) in [6.07, 6.45) is 2.49. The molecule has 0 aliphatic carbocycles. The van der Waals surface area contributed by atoms with E-state index in [1.54, 1.807) is 6.20 Å². The molecule has 0 bridgehead atoms. The molecule has 1 unspecified atom stereocenters. The summed E-state index contributed by atoms with van der Waals surface area (Å²) in [6, 6.07) is 0.236. The number of aliphatic hydroxyl groups excluding tert-OH is 1. The number of anilines is 1. The van der Waals surface area contributed by atoms with Crippen molar-refractivity contribution < 1.29 is 5.11 Å². The van der Waals surface area contributed by atoms with Crippen LogP contribution in [-0.4, -0.2) is 27.7 Å². The quantitative estimate of drug-likeness (QED) is 0.800. The van der Waals surface area contributed by atoms with Crippen molar-refractivity contribution in [3.63, 3.8) is 0 Å². The molecule has 0 aliphatic heterocycles. The Bertz CT molecular complexity index is 339. The molecule has 1 atom stereocenters. The first-order chi connectivity index (χ1) is 7.54. The number of hydrogen-bond acceptors (Lipinski definition) is 4. The zero-order chi connectivity index (χ0) is 12.1. The van der Waals surface area contributed by atoms with Gasteiger partial charge in [0.05, 0.1) is 11.4 Å². The fourth-order valence-electron chi connectivity index (χ4n) is 1.56. The van der Waals surface area contributed by atoms with Crippen LogP contribution in [-0.2, 0) is 0 Å². The second-order valence-corrected chi connectivity index (χ2v) is 4.45. The molecule has 0 saturated heterocycles. The van der Waals surface area contributed by atoms with Gasteiger partial charge in [0.25, 0.3) is 0 Å². The summed E-state index contributed by atoms with van der Waals surface area (Å²) in [5.74, 6) is 1.28. The van der Waals surface area contributed by atoms with E-state index >= 15 is 0 Å². The first kappa shape index (κ1) is 12.9. The SMILES string of the molecule is Cc1cnc(C)c(NC(CCO)C(C)C)n1. The summed E-state index contributed by atoms with van der Waals surface area (Å²) in [6.45, 7) is 8.31. The zero-order valence-electron chi connectivity index (χ0n) is 10.5. The minimum Gasteiger partial charge on any atom is -0.396 e. The lowest BCUT2D eigenvalue weighted by Crippen LogP contribution is -2.28. The Labute approximate surface area is 97.1 Å². The van der Waals surface area contributed by atoms with Crippen LogP contribution in [0.4, 0.5) is 5.82 Å². The molecule has 1 aromatic heterocycles. The van der Waals surface area contributed by atoms with Crippen LogP contribution in [0.15, 0.2) is 6.20 Å². The Balaban J connectivity index is 2.80. The van der Waals surface area contributed by atoms with Crippen LogP contribution in [0.25, 0.3) is 0 Å². The summed E-state index contributed by atoms with van der Waals surface area (Å²) in [7, 11) is 0. The van der Waals surface area contributed by atoms with Gasteiger partial charge in [-0.05, 0) is 26.2 Å². The Morgan fingerprint density at radius 3 is 2.62 bits per heavy atom. The van der Waals surface area contributed by atoms with E-state index in [0.717, 1.165) is 23.6 Å². The van der Waals surface area contributed by atoms with Gasteiger partial charge in [-0.1, -0.05) is 13.8 Å². The Morgan fingerprint density at radius 1 is 1.38 bits per heavy atom. The molecule has 16 heavy (non-hydrogen) atoms. The molecule has 1 heterocycles. The minimum absolute atomic E-state index is 0.189. The predicted molar refractivity (Wildman–Crippen MR) is 65.5 cm³/mol. The molecule has 0 saturated carbocycles. The van der Waals surface area contributed by atoms with Crippen LogP contribution >= 0.6 is 0 Å². The maximum absolute atomic E-state index is 9.01. The first-order valence-corrected chi connectivity index (χ1v) is 5.72. The van der Waals surface area contributed by atoms with Gasteiger partial charge in [-0.2, -0.15) is 0 Å². The lowest BCUT2D eigenvalue weighted by atomic mass is 10.0. The predicted octanol–water partition coefficient (Wildman–Crippen LogP) is 1.91. The Kier molecular flexibility index (Phi) is 4.68. The van der Waals surface area contributed by atoms with Gasteiger partial charge in [0.15, 0.2) is 0 Å². The van der Waals surface area contributed by atoms with E-state index in [9.17, 15) is 0 Å². The molecular formula is C12H21N3O. The van der Waals surface area contributed by atoms with Crippen molar-refractivity contribution in [1.82, 2.24) is 9.97 Å². The van der Waals surface area contributed by atoms with Gasteiger partial charge in [-0.3, -0.25) is 4.98 Å². The fraction of sp³-hybridized carbons (Fsp3) is 0.667. The fourth-order valence-corrected chi connectivity index (χ4v) is 1.56. The standard InChI is InChI=1S/C12H21N3O/c1-8(2)11(5-6-16)15-12-10(4)13-7-9(3)14-12/h7-8,11,16H,5-6H2,1-4H3,(H,14,15). The highest BCUT2D eigenvalue weighted by molar-refractivity contribution is 5.40. The van der Waals surface area contributed by atoms with Crippen LogP contribution in [0.3, 0.4) is 0 Å². The first-order valence-electron chi connectivity index (χ1n) is 5.72. The molecule has 4 heteroatoms. The van der Waals surface area contributed by atoms with E-state index in [1.807, 2.05) is 13.8 Å². The number of aromatic nitrogens is 2. The van der Waals surface area contributed by atoms with Gasteiger partial charge < -0.3 is 10.4 Å². The third-order valence-electron chi connectivity index (χ3n) is 2.64. The van der Waals surface area contributed by atoms with Crippen LogP contribution in [0.1, 0.15) is 31.7 Å². The summed E-state index contributed by atoms with van der Waals surface area (Å²) in [4.78, 5) is 8.69. The molecule has 4 nitrogen and oxygen atoms in total. The summed E-state index contributed by atoms with van der Waals surface area (Å²) in [5, 5.41) is 12.4. The van der Waals surface area contributed by atoms with Gasteiger partial charge in [0.1, 0.15) is 5.82 Å². The second kappa shape index (κ2) is 5.80. The highest BCUT2D eigenvalue weighted by atomic mass is 16.3. The molecular weight excluding hydrogens is 202 g/mol. The van der Waals surface area contributed by atoms with E-state index in [4.69, 9.17) is 5.11 Å². The molecule has 2 N–H and O–H groups in total. The maximum Gasteiger partial charge on any atom is 0.147 e. The third-order valence-corrected chi connectivity index (χ3v) is 2.64. The number of hydrogen-bond donors (Lipinski definition) is 2. The van der Waals surface area contributed by atoms with Crippen molar-refractivity contribution in [3.8, 4) is 0 Å². The van der Waals surface area contributed by atoms with Gasteiger partial charge in [-0.15, -0.1) is 0 Å². The second-order valence-electron chi connectivity index (χ2n) is 4.45. The molecule has 0 amide bonds. The lowest BCUT2D eigenvalue weighted by Gasteiger charge is -2.22. The van der Waals surface area contributed by atoms with Crippen LogP contribution in [0.2, 0.25) is 0 Å². The highest BCUT2D eigenvalue weighted by Gasteiger charge is 2.14. The minimum atomic E-state index is 0.189. The molecule has 0 spiro atoms. The molecule has 0 fully saturated rings. The van der Waals surface area contributed by atoms with Gasteiger partial charge in [-0.25, -0.2) is 4.98 Å². The van der Waals surface area contributed by atoms with E-state index < -0.39 is 0 Å². The van der Waals surface area contributed by atoms with Crippen molar-refractivity contribution >= 4 is 5.82 Å². The van der Waals surface area contributed by atoms with Gasteiger partial charge in [0.2, 0.25) is 0 Å². The van der Waals surface area contributed by atoms with Gasteiger partial charge in [0, 0.05) is 18.8 Å². The normalized spacial score (nSPS) is 12.9. The lowest BCUT2D eigenvalue weighted by molar-refractivity contribution is 0.267. The average Bonchev–Trinajstić information content (AvgIpc) is 2.22. The summed E-state index contributed by atoms with van der Waals surface area (Å²) >= 11 is 0. The Hall–Kier alpha value is -1.16. The monoisotopic (exact) mass is 223 g/mol. The van der Waals surface area contributed by atoms with Crippen molar-refractivity contribution in [2.24, 2.45) is 5.92 Å². The average molecular weight is 223 g/mol. The van der Waals surface area contributed by atoms with Crippen LogP contribution < -0.4 is 5.32 Å². The van der Waals surface area contributed by atoms with E-state index in [-0.39, 0.29) is 12.6 Å². The van der Waals surface area contributed by atoms with E-state index in [1.165, 1.54) is 0 Å². The van der Waals surface area contributed by atoms with Crippen molar-refractivity contribution in [2.45, 2.75) is 40.2 Å². The highest BCUT2D eigenvalue weighted by Crippen LogP contribution is 2.15. The van der Waals surface area contributed by atoms with Crippen LogP contribution in [0.5, 0.6) is 0 Å². The summed E-state index contributed by atoms with van der Waals surface area (Å²) < 4.78 is 0. The zero-order valence-corrected chi connectivity index (χ0v) is 10.5. The number of aliphatic hydroxyl groups is 1. The van der Waals surface area contributed by atoms with Crippen molar-refractivity contribution in [2.75, 3.05) is 11.9 Å². The molecule has 0 aromatic carbocycles. The van der Waals surface area contributed by atoms with Gasteiger partial charge >= 0.3 is 0 Å². The summed E-state index contributed by atoms with van der Waals surface area (Å²) in [5.41, 5.74) is 1.80. The maximum atomic E-state index is 9.01. The molecule has 0 radical (unpaired) electrons. The smallest absolute Gasteiger partial charge is 0.147 e. The molecule has 1 rings (SSSR count). The molecule has 0 aliphatic rings. The topological polar surface area (TPSA) is 58.0 Å². The van der Waals surface area contributed by atoms with Crippen LogP contribution in [0, 0.1) is 19.8 Å². The van der Waals surface area contributed by atoms with Crippen molar-refractivity contribution in [3.05, 3.63) is 17.6 Å². The van der Waals surface area contributed by atoms with Crippen molar-refractivity contribution in [1.29, 1.82) is 0 Å². The Morgan fingerprint density at radius 2 is 2.06 bits per heavy atom. The molecule has 1 aromatic rings.